The maximum atomic E-state index is 12.0. The SMILES string of the molecule is CCC1(C)OB(c2cncc(N3CCC(NC(=O)OC(C)(C)C)CC3)c2)OC1(C)C. The van der Waals surface area contributed by atoms with Gasteiger partial charge in [-0.2, -0.15) is 0 Å². The number of hydrogen-bond donors (Lipinski definition) is 1. The predicted molar refractivity (Wildman–Crippen MR) is 119 cm³/mol. The number of amides is 1. The van der Waals surface area contributed by atoms with Gasteiger partial charge in [-0.25, -0.2) is 4.79 Å². The number of nitrogens with one attached hydrogen (secondary N) is 1. The Morgan fingerprint density at radius 3 is 2.50 bits per heavy atom. The number of alkyl carbamates (subject to hydrolysis) is 1. The molecule has 0 radical (unpaired) electrons. The molecule has 1 atom stereocenters. The summed E-state index contributed by atoms with van der Waals surface area (Å²) in [6, 6.07) is 2.23. The van der Waals surface area contributed by atoms with E-state index in [1.165, 1.54) is 0 Å². The van der Waals surface area contributed by atoms with Crippen molar-refractivity contribution in [3.63, 3.8) is 0 Å². The van der Waals surface area contributed by atoms with Crippen LogP contribution in [0.1, 0.15) is 67.7 Å². The van der Waals surface area contributed by atoms with Crippen molar-refractivity contribution in [1.82, 2.24) is 10.3 Å². The number of carbonyl (C=O) groups excluding carboxylic acids is 1. The van der Waals surface area contributed by atoms with Crippen LogP contribution in [0.25, 0.3) is 0 Å². The van der Waals surface area contributed by atoms with Crippen molar-refractivity contribution >= 4 is 24.4 Å². The number of rotatable bonds is 4. The number of pyridine rings is 1. The number of nitrogens with zero attached hydrogens (tertiary/aromatic N) is 2. The molecule has 2 aliphatic heterocycles. The molecule has 1 N–H and O–H groups in total. The number of anilines is 1. The van der Waals surface area contributed by atoms with Crippen molar-refractivity contribution in [3.05, 3.63) is 18.5 Å². The normalized spacial score (nSPS) is 24.8. The van der Waals surface area contributed by atoms with Crippen LogP contribution < -0.4 is 15.7 Å². The Hall–Kier alpha value is -1.80. The standard InChI is InChI=1S/C22H36BN3O4/c1-8-22(7)21(5,6)29-23(30-22)16-13-18(15-24-14-16)26-11-9-17(10-12-26)25-19(27)28-20(2,3)4/h13-15,17H,8-12H2,1-7H3,(H,25,27). The van der Waals surface area contributed by atoms with Gasteiger partial charge in [0.1, 0.15) is 5.60 Å². The second kappa shape index (κ2) is 8.38. The fourth-order valence-corrected chi connectivity index (χ4v) is 3.94. The van der Waals surface area contributed by atoms with Gasteiger partial charge in [-0.15, -0.1) is 0 Å². The minimum atomic E-state index is -0.482. The van der Waals surface area contributed by atoms with Crippen molar-refractivity contribution in [2.24, 2.45) is 0 Å². The second-order valence-corrected chi connectivity index (χ2v) is 10.0. The van der Waals surface area contributed by atoms with Crippen LogP contribution in [0.3, 0.4) is 0 Å². The average Bonchev–Trinajstić information content (AvgIpc) is 2.91. The van der Waals surface area contributed by atoms with E-state index >= 15 is 0 Å². The van der Waals surface area contributed by atoms with E-state index in [-0.39, 0.29) is 23.3 Å². The molecule has 1 aromatic heterocycles. The summed E-state index contributed by atoms with van der Waals surface area (Å²) >= 11 is 0. The molecule has 0 aromatic carbocycles. The maximum absolute atomic E-state index is 12.0. The molecule has 1 aromatic rings. The molecule has 7 nitrogen and oxygen atoms in total. The first kappa shape index (κ1) is 22.9. The van der Waals surface area contributed by atoms with Gasteiger partial charge in [-0.05, 0) is 66.9 Å². The molecule has 3 heterocycles. The molecule has 3 rings (SSSR count). The molecule has 1 unspecified atom stereocenters. The van der Waals surface area contributed by atoms with Gasteiger partial charge in [0.15, 0.2) is 0 Å². The fraction of sp³-hybridized carbons (Fsp3) is 0.727. The first-order valence-corrected chi connectivity index (χ1v) is 11.0. The fourth-order valence-electron chi connectivity index (χ4n) is 3.94. The van der Waals surface area contributed by atoms with E-state index in [1.54, 1.807) is 0 Å². The highest BCUT2D eigenvalue weighted by molar-refractivity contribution is 6.62. The van der Waals surface area contributed by atoms with Crippen molar-refractivity contribution in [3.8, 4) is 0 Å². The highest BCUT2D eigenvalue weighted by atomic mass is 16.7. The lowest BCUT2D eigenvalue weighted by molar-refractivity contribution is -0.0118. The summed E-state index contributed by atoms with van der Waals surface area (Å²) in [5.41, 5.74) is 0.807. The molecule has 30 heavy (non-hydrogen) atoms. The average molecular weight is 417 g/mol. The maximum Gasteiger partial charge on any atom is 0.496 e. The first-order valence-electron chi connectivity index (χ1n) is 11.0. The van der Waals surface area contributed by atoms with E-state index in [9.17, 15) is 4.79 Å². The molecule has 2 fully saturated rings. The topological polar surface area (TPSA) is 72.9 Å². The van der Waals surface area contributed by atoms with Gasteiger partial charge in [-0.3, -0.25) is 4.98 Å². The van der Waals surface area contributed by atoms with Gasteiger partial charge in [0.2, 0.25) is 0 Å². The zero-order valence-electron chi connectivity index (χ0n) is 19.4. The minimum Gasteiger partial charge on any atom is -0.444 e. The van der Waals surface area contributed by atoms with E-state index < -0.39 is 12.7 Å². The largest absolute Gasteiger partial charge is 0.496 e. The predicted octanol–water partition coefficient (Wildman–Crippen LogP) is 3.26. The Morgan fingerprint density at radius 2 is 1.93 bits per heavy atom. The van der Waals surface area contributed by atoms with Crippen molar-refractivity contribution in [2.45, 2.75) is 90.6 Å². The van der Waals surface area contributed by atoms with Crippen LogP contribution in [0.5, 0.6) is 0 Å². The quantitative estimate of drug-likeness (QED) is 0.759. The molecule has 1 amide bonds. The summed E-state index contributed by atoms with van der Waals surface area (Å²) in [6.07, 6.45) is 5.96. The number of hydrogen-bond acceptors (Lipinski definition) is 6. The number of piperidine rings is 1. The van der Waals surface area contributed by atoms with Gasteiger partial charge < -0.3 is 24.3 Å². The van der Waals surface area contributed by atoms with Crippen LogP contribution in [0.4, 0.5) is 10.5 Å². The van der Waals surface area contributed by atoms with E-state index in [1.807, 2.05) is 33.2 Å². The Bertz CT molecular complexity index is 759. The molecular weight excluding hydrogens is 381 g/mol. The van der Waals surface area contributed by atoms with Crippen molar-refractivity contribution in [1.29, 1.82) is 0 Å². The molecular formula is C22H36BN3O4. The van der Waals surface area contributed by atoms with Crippen molar-refractivity contribution < 1.29 is 18.8 Å². The van der Waals surface area contributed by atoms with Crippen LogP contribution in [0.2, 0.25) is 0 Å². The Kier molecular flexibility index (Phi) is 6.39. The number of ether oxygens (including phenoxy) is 1. The van der Waals surface area contributed by atoms with E-state index in [0.717, 1.165) is 43.5 Å². The van der Waals surface area contributed by atoms with Crippen LogP contribution in [0, 0.1) is 0 Å². The smallest absolute Gasteiger partial charge is 0.444 e. The summed E-state index contributed by atoms with van der Waals surface area (Å²) < 4.78 is 17.9. The highest BCUT2D eigenvalue weighted by Gasteiger charge is 2.53. The van der Waals surface area contributed by atoms with Gasteiger partial charge in [-0.1, -0.05) is 6.92 Å². The molecule has 0 bridgehead atoms. The molecule has 166 valence electrons. The van der Waals surface area contributed by atoms with Gasteiger partial charge in [0.05, 0.1) is 23.1 Å². The lowest BCUT2D eigenvalue weighted by Gasteiger charge is -2.35. The lowest BCUT2D eigenvalue weighted by atomic mass is 9.80. The summed E-state index contributed by atoms with van der Waals surface area (Å²) in [4.78, 5) is 18.8. The zero-order chi connectivity index (χ0) is 22.2. The van der Waals surface area contributed by atoms with E-state index in [2.05, 4.69) is 49.0 Å². The summed E-state index contributed by atoms with van der Waals surface area (Å²) in [7, 11) is -0.413. The number of aromatic nitrogens is 1. The zero-order valence-corrected chi connectivity index (χ0v) is 19.4. The molecule has 2 saturated heterocycles. The van der Waals surface area contributed by atoms with E-state index in [0.29, 0.717) is 0 Å². The molecule has 2 aliphatic rings. The van der Waals surface area contributed by atoms with Crippen LogP contribution in [-0.4, -0.2) is 54.1 Å². The monoisotopic (exact) mass is 417 g/mol. The first-order chi connectivity index (χ1) is 13.9. The van der Waals surface area contributed by atoms with Crippen LogP contribution in [-0.2, 0) is 14.0 Å². The second-order valence-electron chi connectivity index (χ2n) is 10.0. The molecule has 0 aliphatic carbocycles. The summed E-state index contributed by atoms with van der Waals surface area (Å²) in [6.45, 7) is 15.7. The molecule has 8 heteroatoms. The van der Waals surface area contributed by atoms with Gasteiger partial charge in [0, 0.05) is 30.8 Å². The number of carbonyl (C=O) groups is 1. The Balaban J connectivity index is 1.60. The summed E-state index contributed by atoms with van der Waals surface area (Å²) in [5.74, 6) is 0. The third-order valence-electron chi connectivity index (χ3n) is 6.32. The Morgan fingerprint density at radius 1 is 1.27 bits per heavy atom. The van der Waals surface area contributed by atoms with Gasteiger partial charge in [0.25, 0.3) is 0 Å². The summed E-state index contributed by atoms with van der Waals surface area (Å²) in [5, 5.41) is 2.98. The lowest BCUT2D eigenvalue weighted by Crippen LogP contribution is -2.46. The van der Waals surface area contributed by atoms with E-state index in [4.69, 9.17) is 14.0 Å². The van der Waals surface area contributed by atoms with Crippen molar-refractivity contribution in [2.75, 3.05) is 18.0 Å². The third kappa shape index (κ3) is 5.09. The molecule has 0 spiro atoms. The van der Waals surface area contributed by atoms with Crippen LogP contribution >= 0.6 is 0 Å². The van der Waals surface area contributed by atoms with Gasteiger partial charge >= 0.3 is 13.2 Å². The minimum absolute atomic E-state index is 0.125. The van der Waals surface area contributed by atoms with Crippen LogP contribution in [0.15, 0.2) is 18.5 Å². The third-order valence-corrected chi connectivity index (χ3v) is 6.32. The molecule has 0 saturated carbocycles. The Labute approximate surface area is 181 Å². The highest BCUT2D eigenvalue weighted by Crippen LogP contribution is 2.39.